The number of aryl methyl sites for hydroxylation is 1. The number of aliphatic carboxylic acids is 1. The Morgan fingerprint density at radius 3 is 2.55 bits per heavy atom. The Balaban J connectivity index is 3.12. The third-order valence-electron chi connectivity index (χ3n) is 2.43. The van der Waals surface area contributed by atoms with Gasteiger partial charge in [-0.25, -0.2) is 4.79 Å². The molecule has 0 radical (unpaired) electrons. The molecule has 0 aliphatic heterocycles. The molecule has 1 aromatic carbocycles. The van der Waals surface area contributed by atoms with Gasteiger partial charge in [-0.15, -0.1) is 24.8 Å². The van der Waals surface area contributed by atoms with Gasteiger partial charge >= 0.3 is 12.3 Å². The Morgan fingerprint density at radius 1 is 1.40 bits per heavy atom. The maximum absolute atomic E-state index is 12.3. The van der Waals surface area contributed by atoms with Crippen LogP contribution in [0.4, 0.5) is 13.2 Å². The molecule has 0 saturated carbocycles. The largest absolute Gasteiger partial charge is 0.573 e. The van der Waals surface area contributed by atoms with Crippen molar-refractivity contribution in [3.05, 3.63) is 29.3 Å². The van der Waals surface area contributed by atoms with E-state index >= 15 is 0 Å². The van der Waals surface area contributed by atoms with Gasteiger partial charge in [0, 0.05) is 11.4 Å². The number of aliphatic hydroxyl groups excluding tert-OH is 1. The van der Waals surface area contributed by atoms with Crippen LogP contribution < -0.4 is 4.74 Å². The number of aliphatic hydroxyl groups is 1. The van der Waals surface area contributed by atoms with Gasteiger partial charge in [-0.05, 0) is 24.5 Å². The predicted molar refractivity (Wildman–Crippen MR) is 64.8 cm³/mol. The lowest BCUT2D eigenvalue weighted by atomic mass is 10.0. The fraction of sp³-hybridized carbons (Fsp3) is 0.417. The highest BCUT2D eigenvalue weighted by Crippen LogP contribution is 2.32. The molecule has 1 rings (SSSR count). The number of halogens is 4. The van der Waals surface area contributed by atoms with Crippen molar-refractivity contribution in [2.45, 2.75) is 25.3 Å². The number of benzene rings is 1. The molecule has 0 aliphatic carbocycles. The lowest BCUT2D eigenvalue weighted by Crippen LogP contribution is -2.20. The fourth-order valence-corrected chi connectivity index (χ4v) is 1.71. The summed E-state index contributed by atoms with van der Waals surface area (Å²) in [5.74, 6) is -2.04. The molecule has 0 aromatic heterocycles. The minimum absolute atomic E-state index is 0.342. The second-order valence-electron chi connectivity index (χ2n) is 3.95. The average molecular weight is 313 g/mol. The van der Waals surface area contributed by atoms with Gasteiger partial charge in [-0.1, -0.05) is 12.1 Å². The summed E-state index contributed by atoms with van der Waals surface area (Å²) >= 11 is 5.49. The van der Waals surface area contributed by atoms with Crippen LogP contribution in [0.15, 0.2) is 18.2 Å². The third kappa shape index (κ3) is 4.90. The molecule has 20 heavy (non-hydrogen) atoms. The molecular formula is C12H12ClF3O4. The first kappa shape index (κ1) is 16.6. The number of ether oxygens (including phenoxy) is 1. The van der Waals surface area contributed by atoms with Gasteiger partial charge in [0.05, 0.1) is 0 Å². The molecule has 1 atom stereocenters. The molecule has 0 amide bonds. The van der Waals surface area contributed by atoms with E-state index in [-0.39, 0.29) is 0 Å². The summed E-state index contributed by atoms with van der Waals surface area (Å²) < 4.78 is 40.7. The van der Waals surface area contributed by atoms with Gasteiger partial charge in [-0.3, -0.25) is 0 Å². The highest BCUT2D eigenvalue weighted by molar-refractivity contribution is 6.17. The van der Waals surface area contributed by atoms with Crippen LogP contribution >= 0.6 is 11.6 Å². The van der Waals surface area contributed by atoms with Crippen molar-refractivity contribution in [1.82, 2.24) is 0 Å². The number of alkyl halides is 4. The summed E-state index contributed by atoms with van der Waals surface area (Å²) in [6.07, 6.45) is -6.10. The summed E-state index contributed by atoms with van der Waals surface area (Å²) in [6, 6.07) is 3.59. The standard InChI is InChI=1S/C12H12ClF3O4/c13-5-1-2-7-3-4-8(10(17)11(18)19)9(6-7)20-12(14,15)16/h3-4,6,10,17H,1-2,5H2,(H,18,19). The molecule has 0 fully saturated rings. The minimum atomic E-state index is -4.97. The van der Waals surface area contributed by atoms with Gasteiger partial charge < -0.3 is 14.9 Å². The van der Waals surface area contributed by atoms with E-state index in [1.54, 1.807) is 0 Å². The zero-order chi connectivity index (χ0) is 15.3. The van der Waals surface area contributed by atoms with Crippen LogP contribution in [0.3, 0.4) is 0 Å². The summed E-state index contributed by atoms with van der Waals surface area (Å²) in [6.45, 7) is 0. The Hall–Kier alpha value is -1.47. The molecule has 0 spiro atoms. The smallest absolute Gasteiger partial charge is 0.479 e. The zero-order valence-electron chi connectivity index (χ0n) is 10.2. The van der Waals surface area contributed by atoms with Crippen LogP contribution in [-0.2, 0) is 11.2 Å². The molecule has 0 aliphatic rings. The minimum Gasteiger partial charge on any atom is -0.479 e. The van der Waals surface area contributed by atoms with Crippen molar-refractivity contribution in [2.75, 3.05) is 5.88 Å². The molecule has 1 unspecified atom stereocenters. The first-order chi connectivity index (χ1) is 9.24. The van der Waals surface area contributed by atoms with Crippen molar-refractivity contribution >= 4 is 17.6 Å². The molecule has 2 N–H and O–H groups in total. The third-order valence-corrected chi connectivity index (χ3v) is 2.70. The quantitative estimate of drug-likeness (QED) is 0.793. The monoisotopic (exact) mass is 312 g/mol. The normalized spacial score (nSPS) is 13.1. The lowest BCUT2D eigenvalue weighted by Gasteiger charge is -2.16. The second kappa shape index (κ2) is 6.81. The van der Waals surface area contributed by atoms with Crippen molar-refractivity contribution < 1.29 is 32.9 Å². The Bertz CT molecular complexity index is 476. The average Bonchev–Trinajstić information content (AvgIpc) is 2.33. The molecule has 0 bridgehead atoms. The van der Waals surface area contributed by atoms with E-state index in [2.05, 4.69) is 4.74 Å². The van der Waals surface area contributed by atoms with E-state index in [1.165, 1.54) is 6.07 Å². The van der Waals surface area contributed by atoms with E-state index in [0.717, 1.165) is 12.1 Å². The van der Waals surface area contributed by atoms with Crippen LogP contribution in [-0.4, -0.2) is 28.4 Å². The van der Waals surface area contributed by atoms with Crippen LogP contribution in [0, 0.1) is 0 Å². The second-order valence-corrected chi connectivity index (χ2v) is 4.33. The molecular weight excluding hydrogens is 301 g/mol. The van der Waals surface area contributed by atoms with E-state index in [9.17, 15) is 23.1 Å². The summed E-state index contributed by atoms with van der Waals surface area (Å²) in [5.41, 5.74) is 0.0516. The molecule has 8 heteroatoms. The first-order valence-corrected chi connectivity index (χ1v) is 6.13. The molecule has 0 saturated heterocycles. The number of carbonyl (C=O) groups is 1. The number of hydrogen-bond donors (Lipinski definition) is 2. The number of rotatable bonds is 6. The van der Waals surface area contributed by atoms with Gasteiger partial charge in [0.15, 0.2) is 6.10 Å². The highest BCUT2D eigenvalue weighted by Gasteiger charge is 2.34. The van der Waals surface area contributed by atoms with Gasteiger partial charge in [0.1, 0.15) is 5.75 Å². The maximum Gasteiger partial charge on any atom is 0.573 e. The highest BCUT2D eigenvalue weighted by atomic mass is 35.5. The van der Waals surface area contributed by atoms with Crippen LogP contribution in [0.1, 0.15) is 23.7 Å². The fourth-order valence-electron chi connectivity index (χ4n) is 1.58. The van der Waals surface area contributed by atoms with Crippen molar-refractivity contribution in [2.24, 2.45) is 0 Å². The van der Waals surface area contributed by atoms with Crippen molar-refractivity contribution in [3.8, 4) is 5.75 Å². The summed E-state index contributed by atoms with van der Waals surface area (Å²) in [4.78, 5) is 10.7. The van der Waals surface area contributed by atoms with E-state index in [0.29, 0.717) is 24.3 Å². The SMILES string of the molecule is O=C(O)C(O)c1ccc(CCCCl)cc1OC(F)(F)F. The summed E-state index contributed by atoms with van der Waals surface area (Å²) in [5, 5.41) is 18.0. The molecule has 4 nitrogen and oxygen atoms in total. The molecule has 1 aromatic rings. The van der Waals surface area contributed by atoms with Crippen LogP contribution in [0.2, 0.25) is 0 Å². The van der Waals surface area contributed by atoms with Crippen LogP contribution in [0.5, 0.6) is 5.75 Å². The van der Waals surface area contributed by atoms with Crippen molar-refractivity contribution in [1.29, 1.82) is 0 Å². The topological polar surface area (TPSA) is 66.8 Å². The van der Waals surface area contributed by atoms with Gasteiger partial charge in [0.2, 0.25) is 0 Å². The van der Waals surface area contributed by atoms with Crippen molar-refractivity contribution in [3.63, 3.8) is 0 Å². The van der Waals surface area contributed by atoms with Crippen LogP contribution in [0.25, 0.3) is 0 Å². The molecule has 112 valence electrons. The zero-order valence-corrected chi connectivity index (χ0v) is 10.9. The Morgan fingerprint density at radius 2 is 2.05 bits per heavy atom. The van der Waals surface area contributed by atoms with Gasteiger partial charge in [0.25, 0.3) is 0 Å². The maximum atomic E-state index is 12.3. The Kier molecular flexibility index (Phi) is 5.64. The number of hydrogen-bond acceptors (Lipinski definition) is 3. The number of carboxylic acid groups (broad SMARTS) is 1. The molecule has 0 heterocycles. The van der Waals surface area contributed by atoms with E-state index in [1.807, 2.05) is 0 Å². The van der Waals surface area contributed by atoms with E-state index < -0.39 is 29.7 Å². The van der Waals surface area contributed by atoms with Gasteiger partial charge in [-0.2, -0.15) is 0 Å². The first-order valence-electron chi connectivity index (χ1n) is 5.60. The Labute approximate surface area is 117 Å². The lowest BCUT2D eigenvalue weighted by molar-refractivity contribution is -0.275. The predicted octanol–water partition coefficient (Wildman–Crippen LogP) is 2.87. The summed E-state index contributed by atoms with van der Waals surface area (Å²) in [7, 11) is 0. The van der Waals surface area contributed by atoms with E-state index in [4.69, 9.17) is 16.7 Å². The number of carboxylic acids is 1.